The summed E-state index contributed by atoms with van der Waals surface area (Å²) in [5.41, 5.74) is 5.43. The van der Waals surface area contributed by atoms with Crippen molar-refractivity contribution in [3.63, 3.8) is 0 Å². The lowest BCUT2D eigenvalue weighted by Crippen LogP contribution is -2.00. The van der Waals surface area contributed by atoms with Crippen molar-refractivity contribution in [2.75, 3.05) is 7.11 Å². The zero-order valence-electron chi connectivity index (χ0n) is 16.0. The van der Waals surface area contributed by atoms with Gasteiger partial charge in [0.15, 0.2) is 0 Å². The van der Waals surface area contributed by atoms with Crippen LogP contribution in [0.25, 0.3) is 16.9 Å². The minimum absolute atomic E-state index is 0.559. The summed E-state index contributed by atoms with van der Waals surface area (Å²) in [5, 5.41) is 4.56. The summed E-state index contributed by atoms with van der Waals surface area (Å²) in [7, 11) is 1.67. The van der Waals surface area contributed by atoms with Crippen molar-refractivity contribution >= 4 is 0 Å². The molecule has 4 aromatic rings. The molecule has 0 fully saturated rings. The normalized spacial score (nSPS) is 10.6. The zero-order valence-corrected chi connectivity index (χ0v) is 16.0. The zero-order chi connectivity index (χ0) is 19.3. The van der Waals surface area contributed by atoms with Gasteiger partial charge in [-0.1, -0.05) is 30.3 Å². The van der Waals surface area contributed by atoms with Crippen LogP contribution in [-0.4, -0.2) is 16.9 Å². The van der Waals surface area contributed by atoms with Crippen molar-refractivity contribution in [3.05, 3.63) is 96.2 Å². The van der Waals surface area contributed by atoms with Crippen LogP contribution in [0.5, 0.6) is 11.5 Å². The summed E-state index contributed by atoms with van der Waals surface area (Å²) in [6.45, 7) is 2.63. The standard InChI is InChI=1S/C24H22N2O2/c1-18-16-25-26(21-10-14-22(27-2)15-11-21)24(18)20-8-12-23(13-9-20)28-17-19-6-4-3-5-7-19/h3-16H,17H2,1-2H3. The third kappa shape index (κ3) is 3.76. The third-order valence-electron chi connectivity index (χ3n) is 4.65. The summed E-state index contributed by atoms with van der Waals surface area (Å²) < 4.78 is 13.1. The summed E-state index contributed by atoms with van der Waals surface area (Å²) in [5.74, 6) is 1.68. The summed E-state index contributed by atoms with van der Waals surface area (Å²) in [6.07, 6.45) is 1.89. The number of hydrogen-bond acceptors (Lipinski definition) is 3. The highest BCUT2D eigenvalue weighted by Crippen LogP contribution is 2.28. The molecular weight excluding hydrogens is 348 g/mol. The fourth-order valence-electron chi connectivity index (χ4n) is 3.15. The number of aryl methyl sites for hydroxylation is 1. The van der Waals surface area contributed by atoms with Gasteiger partial charge in [0.05, 0.1) is 24.7 Å². The van der Waals surface area contributed by atoms with Gasteiger partial charge in [0.25, 0.3) is 0 Å². The number of benzene rings is 3. The summed E-state index contributed by atoms with van der Waals surface area (Å²) >= 11 is 0. The molecule has 0 bridgehead atoms. The lowest BCUT2D eigenvalue weighted by atomic mass is 10.1. The Morgan fingerprint density at radius 3 is 2.18 bits per heavy atom. The second kappa shape index (κ2) is 8.01. The first kappa shape index (κ1) is 17.9. The van der Waals surface area contributed by atoms with Gasteiger partial charge in [-0.15, -0.1) is 0 Å². The van der Waals surface area contributed by atoms with Crippen LogP contribution in [0.15, 0.2) is 85.1 Å². The van der Waals surface area contributed by atoms with Gasteiger partial charge in [-0.05, 0) is 66.6 Å². The van der Waals surface area contributed by atoms with Gasteiger partial charge in [0.2, 0.25) is 0 Å². The fraction of sp³-hybridized carbons (Fsp3) is 0.125. The second-order valence-electron chi connectivity index (χ2n) is 6.58. The first-order chi connectivity index (χ1) is 13.7. The van der Waals surface area contributed by atoms with Crippen molar-refractivity contribution in [2.24, 2.45) is 0 Å². The molecule has 4 heteroatoms. The highest BCUT2D eigenvalue weighted by molar-refractivity contribution is 5.66. The number of ether oxygens (including phenoxy) is 2. The lowest BCUT2D eigenvalue weighted by Gasteiger charge is -2.11. The van der Waals surface area contributed by atoms with E-state index in [1.165, 1.54) is 0 Å². The van der Waals surface area contributed by atoms with Crippen LogP contribution in [0.2, 0.25) is 0 Å². The third-order valence-corrected chi connectivity index (χ3v) is 4.65. The van der Waals surface area contributed by atoms with Gasteiger partial charge in [0, 0.05) is 5.56 Å². The molecule has 4 nitrogen and oxygen atoms in total. The van der Waals surface area contributed by atoms with E-state index in [1.54, 1.807) is 7.11 Å². The van der Waals surface area contributed by atoms with E-state index in [-0.39, 0.29) is 0 Å². The Morgan fingerprint density at radius 1 is 0.821 bits per heavy atom. The van der Waals surface area contributed by atoms with Crippen LogP contribution in [0.4, 0.5) is 0 Å². The molecule has 0 spiro atoms. The number of nitrogens with zero attached hydrogens (tertiary/aromatic N) is 2. The average Bonchev–Trinajstić information content (AvgIpc) is 3.15. The predicted molar refractivity (Wildman–Crippen MR) is 111 cm³/mol. The average molecular weight is 370 g/mol. The Kier molecular flexibility index (Phi) is 5.11. The Bertz CT molecular complexity index is 1040. The maximum Gasteiger partial charge on any atom is 0.119 e. The molecule has 0 radical (unpaired) electrons. The maximum atomic E-state index is 5.90. The minimum Gasteiger partial charge on any atom is -0.497 e. The number of methoxy groups -OCH3 is 1. The quantitative estimate of drug-likeness (QED) is 0.454. The van der Waals surface area contributed by atoms with Crippen molar-refractivity contribution in [1.29, 1.82) is 0 Å². The van der Waals surface area contributed by atoms with Gasteiger partial charge in [-0.25, -0.2) is 4.68 Å². The second-order valence-corrected chi connectivity index (χ2v) is 6.58. The fourth-order valence-corrected chi connectivity index (χ4v) is 3.15. The topological polar surface area (TPSA) is 36.3 Å². The molecule has 0 saturated carbocycles. The minimum atomic E-state index is 0.559. The maximum absolute atomic E-state index is 5.90. The number of aromatic nitrogens is 2. The van der Waals surface area contributed by atoms with Crippen LogP contribution in [0, 0.1) is 6.92 Å². The van der Waals surface area contributed by atoms with Crippen molar-refractivity contribution in [2.45, 2.75) is 13.5 Å². The predicted octanol–water partition coefficient (Wildman–Crippen LogP) is 5.44. The van der Waals surface area contributed by atoms with E-state index >= 15 is 0 Å². The molecule has 0 aliphatic rings. The lowest BCUT2D eigenvalue weighted by molar-refractivity contribution is 0.306. The van der Waals surface area contributed by atoms with E-state index in [0.29, 0.717) is 6.61 Å². The Balaban J connectivity index is 1.56. The van der Waals surface area contributed by atoms with Gasteiger partial charge in [-0.3, -0.25) is 0 Å². The molecule has 0 atom stereocenters. The van der Waals surface area contributed by atoms with E-state index in [9.17, 15) is 0 Å². The Labute approximate surface area is 165 Å². The van der Waals surface area contributed by atoms with Gasteiger partial charge in [-0.2, -0.15) is 5.10 Å². The smallest absolute Gasteiger partial charge is 0.119 e. The molecule has 140 valence electrons. The van der Waals surface area contributed by atoms with Gasteiger partial charge < -0.3 is 9.47 Å². The summed E-state index contributed by atoms with van der Waals surface area (Å²) in [6, 6.07) is 26.2. The van der Waals surface area contributed by atoms with E-state index in [4.69, 9.17) is 9.47 Å². The summed E-state index contributed by atoms with van der Waals surface area (Å²) in [4.78, 5) is 0. The van der Waals surface area contributed by atoms with E-state index in [0.717, 1.165) is 39.6 Å². The molecule has 0 saturated heterocycles. The first-order valence-corrected chi connectivity index (χ1v) is 9.21. The Morgan fingerprint density at radius 2 is 1.50 bits per heavy atom. The first-order valence-electron chi connectivity index (χ1n) is 9.21. The molecule has 1 heterocycles. The van der Waals surface area contributed by atoms with Crippen LogP contribution in [0.1, 0.15) is 11.1 Å². The highest BCUT2D eigenvalue weighted by atomic mass is 16.5. The molecule has 0 aliphatic heterocycles. The molecule has 0 aliphatic carbocycles. The van der Waals surface area contributed by atoms with Gasteiger partial charge >= 0.3 is 0 Å². The molecule has 0 N–H and O–H groups in total. The number of hydrogen-bond donors (Lipinski definition) is 0. The van der Waals surface area contributed by atoms with Gasteiger partial charge in [0.1, 0.15) is 18.1 Å². The van der Waals surface area contributed by atoms with Crippen LogP contribution >= 0.6 is 0 Å². The SMILES string of the molecule is COc1ccc(-n2ncc(C)c2-c2ccc(OCc3ccccc3)cc2)cc1. The molecule has 1 aromatic heterocycles. The number of rotatable bonds is 6. The van der Waals surface area contributed by atoms with Crippen molar-refractivity contribution < 1.29 is 9.47 Å². The molecule has 28 heavy (non-hydrogen) atoms. The molecule has 0 amide bonds. The van der Waals surface area contributed by atoms with Crippen LogP contribution < -0.4 is 9.47 Å². The van der Waals surface area contributed by atoms with E-state index in [2.05, 4.69) is 36.3 Å². The largest absolute Gasteiger partial charge is 0.497 e. The Hall–Kier alpha value is -3.53. The highest BCUT2D eigenvalue weighted by Gasteiger charge is 2.12. The molecular formula is C24H22N2O2. The molecule has 4 rings (SSSR count). The monoisotopic (exact) mass is 370 g/mol. The molecule has 3 aromatic carbocycles. The molecule has 0 unspecified atom stereocenters. The van der Waals surface area contributed by atoms with Crippen molar-refractivity contribution in [3.8, 4) is 28.4 Å². The van der Waals surface area contributed by atoms with Crippen LogP contribution in [-0.2, 0) is 6.61 Å². The van der Waals surface area contributed by atoms with E-state index < -0.39 is 0 Å². The van der Waals surface area contributed by atoms with Crippen LogP contribution in [0.3, 0.4) is 0 Å². The van der Waals surface area contributed by atoms with E-state index in [1.807, 2.05) is 65.5 Å². The van der Waals surface area contributed by atoms with Crippen molar-refractivity contribution in [1.82, 2.24) is 9.78 Å².